The van der Waals surface area contributed by atoms with Crippen LogP contribution >= 0.6 is 11.6 Å². The first-order chi connectivity index (χ1) is 9.61. The Morgan fingerprint density at radius 3 is 2.90 bits per heavy atom. The molecule has 1 aromatic heterocycles. The van der Waals surface area contributed by atoms with Gasteiger partial charge < -0.3 is 10.3 Å². The number of halogens is 2. The van der Waals surface area contributed by atoms with Crippen molar-refractivity contribution in [3.8, 4) is 11.3 Å². The van der Waals surface area contributed by atoms with Gasteiger partial charge >= 0.3 is 0 Å². The second-order valence-corrected chi connectivity index (χ2v) is 5.44. The molecule has 104 valence electrons. The standard InChI is InChI=1S/C15H15ClFN3/c1-2-7-20-14(18)13(19-15(20)9-3-4-9)11-8-10(16)5-6-12(11)17/h2,5-6,8-9H,1,3-4,7,18H2. The van der Waals surface area contributed by atoms with Crippen LogP contribution in [0.15, 0.2) is 30.9 Å². The quantitative estimate of drug-likeness (QED) is 0.866. The van der Waals surface area contributed by atoms with Crippen LogP contribution in [0.3, 0.4) is 0 Å². The Bertz CT molecular complexity index is 674. The Labute approximate surface area is 121 Å². The van der Waals surface area contributed by atoms with E-state index in [9.17, 15) is 4.39 Å². The third-order valence-electron chi connectivity index (χ3n) is 3.47. The third-order valence-corrected chi connectivity index (χ3v) is 3.71. The summed E-state index contributed by atoms with van der Waals surface area (Å²) in [6, 6.07) is 4.41. The first-order valence-electron chi connectivity index (χ1n) is 6.54. The van der Waals surface area contributed by atoms with E-state index in [2.05, 4.69) is 11.6 Å². The molecule has 0 amide bonds. The molecular formula is C15H15ClFN3. The number of allylic oxidation sites excluding steroid dienone is 1. The molecule has 5 heteroatoms. The van der Waals surface area contributed by atoms with Gasteiger partial charge in [-0.05, 0) is 31.0 Å². The summed E-state index contributed by atoms with van der Waals surface area (Å²) in [5.74, 6) is 1.43. The molecule has 1 saturated carbocycles. The molecule has 2 aromatic rings. The van der Waals surface area contributed by atoms with E-state index in [1.807, 2.05) is 4.57 Å². The van der Waals surface area contributed by atoms with Gasteiger partial charge in [-0.25, -0.2) is 9.37 Å². The normalized spacial score (nSPS) is 14.5. The van der Waals surface area contributed by atoms with Crippen molar-refractivity contribution in [3.05, 3.63) is 47.5 Å². The highest BCUT2D eigenvalue weighted by atomic mass is 35.5. The average molecular weight is 292 g/mol. The second-order valence-electron chi connectivity index (χ2n) is 5.00. The molecule has 1 aromatic carbocycles. The van der Waals surface area contributed by atoms with Gasteiger partial charge in [0.1, 0.15) is 23.2 Å². The number of nitrogen functional groups attached to an aromatic ring is 1. The summed E-state index contributed by atoms with van der Waals surface area (Å²) in [4.78, 5) is 4.55. The van der Waals surface area contributed by atoms with Crippen LogP contribution in [0.1, 0.15) is 24.6 Å². The maximum absolute atomic E-state index is 14.0. The Kier molecular flexibility index (Phi) is 3.26. The minimum Gasteiger partial charge on any atom is -0.383 e. The van der Waals surface area contributed by atoms with Crippen LogP contribution in [0.2, 0.25) is 5.02 Å². The number of imidazole rings is 1. The van der Waals surface area contributed by atoms with Crippen molar-refractivity contribution in [3.63, 3.8) is 0 Å². The average Bonchev–Trinajstić information content (AvgIpc) is 3.21. The minimum absolute atomic E-state index is 0.347. The fraction of sp³-hybridized carbons (Fsp3) is 0.267. The number of rotatable bonds is 4. The van der Waals surface area contributed by atoms with Crippen molar-refractivity contribution in [2.45, 2.75) is 25.3 Å². The number of aromatic nitrogens is 2. The number of nitrogens with zero attached hydrogens (tertiary/aromatic N) is 2. The topological polar surface area (TPSA) is 43.8 Å². The van der Waals surface area contributed by atoms with Crippen molar-refractivity contribution in [2.75, 3.05) is 5.73 Å². The maximum atomic E-state index is 14.0. The van der Waals surface area contributed by atoms with E-state index in [1.165, 1.54) is 12.1 Å². The van der Waals surface area contributed by atoms with Crippen molar-refractivity contribution >= 4 is 17.4 Å². The molecule has 1 fully saturated rings. The van der Waals surface area contributed by atoms with Crippen LogP contribution in [-0.4, -0.2) is 9.55 Å². The smallest absolute Gasteiger partial charge is 0.132 e. The van der Waals surface area contributed by atoms with Gasteiger partial charge in [-0.3, -0.25) is 0 Å². The Balaban J connectivity index is 2.16. The van der Waals surface area contributed by atoms with E-state index in [0.717, 1.165) is 18.7 Å². The van der Waals surface area contributed by atoms with Crippen molar-refractivity contribution < 1.29 is 4.39 Å². The molecule has 1 heterocycles. The van der Waals surface area contributed by atoms with Gasteiger partial charge in [0.25, 0.3) is 0 Å². The van der Waals surface area contributed by atoms with E-state index in [0.29, 0.717) is 34.6 Å². The van der Waals surface area contributed by atoms with E-state index in [4.69, 9.17) is 17.3 Å². The first-order valence-corrected chi connectivity index (χ1v) is 6.91. The lowest BCUT2D eigenvalue weighted by Crippen LogP contribution is -2.05. The second kappa shape index (κ2) is 4.94. The summed E-state index contributed by atoms with van der Waals surface area (Å²) in [6.07, 6.45) is 3.97. The van der Waals surface area contributed by atoms with Crippen molar-refractivity contribution in [1.82, 2.24) is 9.55 Å². The molecule has 0 unspecified atom stereocenters. The van der Waals surface area contributed by atoms with Crippen LogP contribution in [0.4, 0.5) is 10.2 Å². The lowest BCUT2D eigenvalue weighted by molar-refractivity contribution is 0.631. The Hall–Kier alpha value is -1.81. The van der Waals surface area contributed by atoms with Crippen LogP contribution in [0.5, 0.6) is 0 Å². The first kappa shape index (κ1) is 13.2. The SMILES string of the molecule is C=CCn1c(C2CC2)nc(-c2cc(Cl)ccc2F)c1N. The lowest BCUT2D eigenvalue weighted by Gasteiger charge is -2.06. The molecule has 3 nitrogen and oxygen atoms in total. The number of anilines is 1. The fourth-order valence-corrected chi connectivity index (χ4v) is 2.51. The van der Waals surface area contributed by atoms with Crippen LogP contribution in [0, 0.1) is 5.82 Å². The highest BCUT2D eigenvalue weighted by Crippen LogP contribution is 2.42. The van der Waals surface area contributed by atoms with Gasteiger partial charge in [-0.1, -0.05) is 17.7 Å². The lowest BCUT2D eigenvalue weighted by atomic mass is 10.1. The molecule has 2 N–H and O–H groups in total. The summed E-state index contributed by atoms with van der Waals surface area (Å²) in [5, 5.41) is 0.465. The van der Waals surface area contributed by atoms with E-state index < -0.39 is 0 Å². The van der Waals surface area contributed by atoms with E-state index in [1.54, 1.807) is 12.1 Å². The third kappa shape index (κ3) is 2.20. The highest BCUT2D eigenvalue weighted by molar-refractivity contribution is 6.30. The summed E-state index contributed by atoms with van der Waals surface area (Å²) in [6.45, 7) is 4.31. The molecule has 3 rings (SSSR count). The molecule has 1 aliphatic carbocycles. The monoisotopic (exact) mass is 291 g/mol. The summed E-state index contributed by atoms with van der Waals surface area (Å²) < 4.78 is 15.9. The Morgan fingerprint density at radius 2 is 2.25 bits per heavy atom. The zero-order valence-corrected chi connectivity index (χ0v) is 11.7. The van der Waals surface area contributed by atoms with Gasteiger partial charge in [-0.15, -0.1) is 6.58 Å². The maximum Gasteiger partial charge on any atom is 0.132 e. The van der Waals surface area contributed by atoms with Crippen LogP contribution in [-0.2, 0) is 6.54 Å². The number of hydrogen-bond acceptors (Lipinski definition) is 2. The van der Waals surface area contributed by atoms with Gasteiger partial charge in [-0.2, -0.15) is 0 Å². The Morgan fingerprint density at radius 1 is 1.50 bits per heavy atom. The van der Waals surface area contributed by atoms with Gasteiger partial charge in [0, 0.05) is 23.0 Å². The zero-order chi connectivity index (χ0) is 14.3. The summed E-state index contributed by atoms with van der Waals surface area (Å²) >= 11 is 5.94. The number of hydrogen-bond donors (Lipinski definition) is 1. The molecule has 0 spiro atoms. The van der Waals surface area contributed by atoms with Gasteiger partial charge in [0.2, 0.25) is 0 Å². The van der Waals surface area contributed by atoms with E-state index >= 15 is 0 Å². The largest absolute Gasteiger partial charge is 0.383 e. The van der Waals surface area contributed by atoms with Gasteiger partial charge in [0.15, 0.2) is 0 Å². The van der Waals surface area contributed by atoms with Crippen LogP contribution in [0.25, 0.3) is 11.3 Å². The van der Waals surface area contributed by atoms with Crippen molar-refractivity contribution in [2.24, 2.45) is 0 Å². The predicted molar refractivity (Wildman–Crippen MR) is 79.2 cm³/mol. The highest BCUT2D eigenvalue weighted by Gasteiger charge is 2.31. The molecule has 1 aliphatic rings. The zero-order valence-electron chi connectivity index (χ0n) is 10.9. The van der Waals surface area contributed by atoms with Gasteiger partial charge in [0.05, 0.1) is 0 Å². The molecule has 0 atom stereocenters. The predicted octanol–water partition coefficient (Wildman–Crippen LogP) is 3.99. The fourth-order valence-electron chi connectivity index (χ4n) is 2.33. The van der Waals surface area contributed by atoms with Crippen molar-refractivity contribution in [1.29, 1.82) is 0 Å². The van der Waals surface area contributed by atoms with Crippen LogP contribution < -0.4 is 5.73 Å². The minimum atomic E-state index is -0.369. The summed E-state index contributed by atoms with van der Waals surface area (Å²) in [5.41, 5.74) is 6.96. The molecule has 20 heavy (non-hydrogen) atoms. The molecule has 0 radical (unpaired) electrons. The van der Waals surface area contributed by atoms with E-state index in [-0.39, 0.29) is 5.82 Å². The number of benzene rings is 1. The summed E-state index contributed by atoms with van der Waals surface area (Å²) in [7, 11) is 0. The molecule has 0 aliphatic heterocycles. The number of nitrogens with two attached hydrogens (primary N) is 1. The molecule has 0 bridgehead atoms. The molecular weight excluding hydrogens is 277 g/mol. The molecule has 0 saturated heterocycles.